The van der Waals surface area contributed by atoms with Gasteiger partial charge in [0.05, 0.1) is 0 Å². The fourth-order valence-corrected chi connectivity index (χ4v) is 6.76. The highest BCUT2D eigenvalue weighted by molar-refractivity contribution is 5.83. The third kappa shape index (κ3) is 4.01. The molecule has 27 heavy (non-hydrogen) atoms. The first-order chi connectivity index (χ1) is 12.9. The van der Waals surface area contributed by atoms with Crippen LogP contribution in [0.15, 0.2) is 0 Å². The molecule has 0 N–H and O–H groups in total. The van der Waals surface area contributed by atoms with Gasteiger partial charge in [0.1, 0.15) is 5.78 Å². The Kier molecular flexibility index (Phi) is 5.73. The fourth-order valence-electron chi connectivity index (χ4n) is 6.76. The maximum absolute atomic E-state index is 12.2. The molecule has 0 atom stereocenters. The number of nitrogens with zero attached hydrogens (tertiary/aromatic N) is 2. The molecule has 0 aromatic heterocycles. The lowest BCUT2D eigenvalue weighted by atomic mass is 9.48. The molecule has 0 unspecified atom stereocenters. The SMILES string of the molecule is CC(C)C(=O)C1CC2(C1)CC(N1CCC(N3CCC(C(C)C)CC3)CC1)C2. The molecular weight excluding hydrogens is 332 g/mol. The zero-order chi connectivity index (χ0) is 19.2. The van der Waals surface area contributed by atoms with Gasteiger partial charge in [-0.1, -0.05) is 27.7 Å². The number of Topliss-reactive ketones (excluding diaryl/α,β-unsaturated/α-hetero) is 1. The van der Waals surface area contributed by atoms with Crippen LogP contribution in [0.3, 0.4) is 0 Å². The topological polar surface area (TPSA) is 23.6 Å². The Labute approximate surface area is 167 Å². The second kappa shape index (κ2) is 7.78. The van der Waals surface area contributed by atoms with Crippen molar-refractivity contribution in [1.29, 1.82) is 0 Å². The molecule has 4 rings (SSSR count). The number of rotatable bonds is 5. The van der Waals surface area contributed by atoms with Crippen molar-refractivity contribution in [2.75, 3.05) is 26.2 Å². The van der Waals surface area contributed by atoms with Crippen LogP contribution in [0.1, 0.15) is 79.1 Å². The highest BCUT2D eigenvalue weighted by atomic mass is 16.1. The minimum Gasteiger partial charge on any atom is -0.300 e. The number of ketones is 1. The zero-order valence-corrected chi connectivity index (χ0v) is 18.3. The van der Waals surface area contributed by atoms with Crippen LogP contribution in [-0.4, -0.2) is 53.8 Å². The zero-order valence-electron chi connectivity index (χ0n) is 18.3. The lowest BCUT2D eigenvalue weighted by Crippen LogP contribution is -2.60. The summed E-state index contributed by atoms with van der Waals surface area (Å²) in [5.74, 6) is 2.97. The van der Waals surface area contributed by atoms with E-state index in [4.69, 9.17) is 0 Å². The molecule has 154 valence electrons. The summed E-state index contributed by atoms with van der Waals surface area (Å²) >= 11 is 0. The lowest BCUT2D eigenvalue weighted by molar-refractivity contribution is -0.144. The quantitative estimate of drug-likeness (QED) is 0.702. The van der Waals surface area contributed by atoms with E-state index in [0.29, 0.717) is 17.1 Å². The second-order valence-electron chi connectivity index (χ2n) is 11.1. The van der Waals surface area contributed by atoms with E-state index in [0.717, 1.165) is 23.9 Å². The van der Waals surface area contributed by atoms with E-state index in [1.54, 1.807) is 0 Å². The van der Waals surface area contributed by atoms with Crippen molar-refractivity contribution in [3.8, 4) is 0 Å². The van der Waals surface area contributed by atoms with Crippen LogP contribution in [0.4, 0.5) is 0 Å². The molecule has 2 aliphatic heterocycles. The summed E-state index contributed by atoms with van der Waals surface area (Å²) < 4.78 is 0. The second-order valence-corrected chi connectivity index (χ2v) is 11.1. The van der Waals surface area contributed by atoms with Gasteiger partial charge in [0.15, 0.2) is 0 Å². The van der Waals surface area contributed by atoms with E-state index >= 15 is 0 Å². The summed E-state index contributed by atoms with van der Waals surface area (Å²) in [6.45, 7) is 14.2. The molecule has 0 bridgehead atoms. The highest BCUT2D eigenvalue weighted by Gasteiger charge is 2.56. The molecule has 2 heterocycles. The molecule has 0 aromatic rings. The van der Waals surface area contributed by atoms with Crippen molar-refractivity contribution in [1.82, 2.24) is 9.80 Å². The Morgan fingerprint density at radius 1 is 0.778 bits per heavy atom. The van der Waals surface area contributed by atoms with Crippen molar-refractivity contribution in [3.05, 3.63) is 0 Å². The third-order valence-corrected chi connectivity index (χ3v) is 8.72. The maximum Gasteiger partial charge on any atom is 0.138 e. The number of likely N-dealkylation sites (tertiary alicyclic amines) is 2. The van der Waals surface area contributed by atoms with Crippen LogP contribution in [0, 0.1) is 29.1 Å². The standard InChI is InChI=1S/C24H42N2O/c1-17(2)19-5-9-25(10-6-19)21-7-11-26(12-8-21)22-15-24(16-22)13-20(14-24)23(27)18(3)4/h17-22H,5-16H2,1-4H3. The molecule has 2 saturated heterocycles. The van der Waals surface area contributed by atoms with Crippen molar-refractivity contribution in [3.63, 3.8) is 0 Å². The Balaban J connectivity index is 1.16. The van der Waals surface area contributed by atoms with Crippen LogP contribution in [0.25, 0.3) is 0 Å². The van der Waals surface area contributed by atoms with Gasteiger partial charge in [-0.2, -0.15) is 0 Å². The normalized spacial score (nSPS) is 37.0. The van der Waals surface area contributed by atoms with Crippen molar-refractivity contribution in [2.45, 2.75) is 91.1 Å². The summed E-state index contributed by atoms with van der Waals surface area (Å²) in [7, 11) is 0. The van der Waals surface area contributed by atoms with Gasteiger partial charge >= 0.3 is 0 Å². The smallest absolute Gasteiger partial charge is 0.138 e. The summed E-state index contributed by atoms with van der Waals surface area (Å²) in [4.78, 5) is 17.8. The molecule has 0 radical (unpaired) electrons. The molecular formula is C24H42N2O. The maximum atomic E-state index is 12.2. The lowest BCUT2D eigenvalue weighted by Gasteiger charge is -2.60. The van der Waals surface area contributed by atoms with Crippen molar-refractivity contribution in [2.24, 2.45) is 29.1 Å². The molecule has 2 saturated carbocycles. The van der Waals surface area contributed by atoms with Gasteiger partial charge in [-0.3, -0.25) is 4.79 Å². The van der Waals surface area contributed by atoms with Crippen LogP contribution in [0.2, 0.25) is 0 Å². The molecule has 0 amide bonds. The first-order valence-corrected chi connectivity index (χ1v) is 11.9. The fraction of sp³-hybridized carbons (Fsp3) is 0.958. The Morgan fingerprint density at radius 2 is 1.30 bits per heavy atom. The van der Waals surface area contributed by atoms with Crippen LogP contribution in [0.5, 0.6) is 0 Å². The number of piperidine rings is 2. The Hall–Kier alpha value is -0.410. The van der Waals surface area contributed by atoms with E-state index < -0.39 is 0 Å². The number of carbonyl (C=O) groups excluding carboxylic acids is 1. The predicted octanol–water partition coefficient (Wildman–Crippen LogP) is 4.60. The predicted molar refractivity (Wildman–Crippen MR) is 112 cm³/mol. The molecule has 3 heteroatoms. The van der Waals surface area contributed by atoms with E-state index in [1.165, 1.54) is 77.5 Å². The largest absolute Gasteiger partial charge is 0.300 e. The van der Waals surface area contributed by atoms with Crippen molar-refractivity contribution >= 4 is 5.78 Å². The van der Waals surface area contributed by atoms with Crippen LogP contribution in [-0.2, 0) is 4.79 Å². The highest BCUT2D eigenvalue weighted by Crippen LogP contribution is 2.60. The van der Waals surface area contributed by atoms with Gasteiger partial charge in [-0.25, -0.2) is 0 Å². The summed E-state index contributed by atoms with van der Waals surface area (Å²) in [6.07, 6.45) is 10.7. The Morgan fingerprint density at radius 3 is 1.81 bits per heavy atom. The van der Waals surface area contributed by atoms with Gasteiger partial charge < -0.3 is 9.80 Å². The van der Waals surface area contributed by atoms with Gasteiger partial charge in [0.2, 0.25) is 0 Å². The average molecular weight is 375 g/mol. The Bertz CT molecular complexity index is 512. The van der Waals surface area contributed by atoms with E-state index in [-0.39, 0.29) is 5.92 Å². The number of carbonyl (C=O) groups is 1. The minimum absolute atomic E-state index is 0.229. The van der Waals surface area contributed by atoms with E-state index in [2.05, 4.69) is 37.5 Å². The number of hydrogen-bond donors (Lipinski definition) is 0. The first-order valence-electron chi connectivity index (χ1n) is 11.9. The van der Waals surface area contributed by atoms with Gasteiger partial charge in [0, 0.05) is 23.9 Å². The third-order valence-electron chi connectivity index (χ3n) is 8.72. The van der Waals surface area contributed by atoms with E-state index in [1.807, 2.05) is 0 Å². The molecule has 4 aliphatic rings. The average Bonchev–Trinajstić information content (AvgIpc) is 2.59. The van der Waals surface area contributed by atoms with Gasteiger partial charge in [-0.05, 0) is 94.8 Å². The van der Waals surface area contributed by atoms with Gasteiger partial charge in [-0.15, -0.1) is 0 Å². The van der Waals surface area contributed by atoms with E-state index in [9.17, 15) is 4.79 Å². The minimum atomic E-state index is 0.229. The molecule has 3 nitrogen and oxygen atoms in total. The van der Waals surface area contributed by atoms with Crippen molar-refractivity contribution < 1.29 is 4.79 Å². The molecule has 0 aromatic carbocycles. The molecule has 1 spiro atoms. The van der Waals surface area contributed by atoms with Crippen LogP contribution >= 0.6 is 0 Å². The molecule has 4 fully saturated rings. The molecule has 2 aliphatic carbocycles. The summed E-state index contributed by atoms with van der Waals surface area (Å²) in [5.41, 5.74) is 0.565. The monoisotopic (exact) mass is 374 g/mol. The summed E-state index contributed by atoms with van der Waals surface area (Å²) in [6, 6.07) is 1.67. The first kappa shape index (κ1) is 19.9. The number of hydrogen-bond acceptors (Lipinski definition) is 3. The van der Waals surface area contributed by atoms with Gasteiger partial charge in [0.25, 0.3) is 0 Å². The van der Waals surface area contributed by atoms with Crippen LogP contribution < -0.4 is 0 Å². The summed E-state index contributed by atoms with van der Waals surface area (Å²) in [5, 5.41) is 0.